The molecule has 0 aliphatic carbocycles. The van der Waals surface area contributed by atoms with Gasteiger partial charge < -0.3 is 4.74 Å². The normalized spacial score (nSPS) is 10.7. The topological polar surface area (TPSA) is 33.0 Å². The molecule has 0 saturated carbocycles. The van der Waals surface area contributed by atoms with Gasteiger partial charge in [-0.1, -0.05) is 0 Å². The van der Waals surface area contributed by atoms with Gasteiger partial charge >= 0.3 is 0 Å². The summed E-state index contributed by atoms with van der Waals surface area (Å²) in [6, 6.07) is 0.781. The van der Waals surface area contributed by atoms with E-state index in [1.807, 2.05) is 0 Å². The number of benzene rings is 2. The fourth-order valence-electron chi connectivity index (χ4n) is 1.58. The fraction of sp³-hybridized carbons (Fsp3) is 0. The molecule has 2 rings (SSSR count). The fourth-order valence-corrected chi connectivity index (χ4v) is 1.58. The summed E-state index contributed by atoms with van der Waals surface area (Å²) in [5.74, 6) is -26.6. The third-order valence-electron chi connectivity index (χ3n) is 2.71. The van der Waals surface area contributed by atoms with Gasteiger partial charge in [-0.2, -0.15) is 22.8 Å². The van der Waals surface area contributed by atoms with Crippen molar-refractivity contribution >= 4 is 0 Å². The zero-order valence-corrected chi connectivity index (χ0v) is 10.8. The molecule has 0 atom stereocenters. The van der Waals surface area contributed by atoms with Crippen LogP contribution < -0.4 is 4.74 Å². The van der Waals surface area contributed by atoms with Gasteiger partial charge in [-0.25, -0.2) is 22.0 Å². The van der Waals surface area contributed by atoms with Crippen LogP contribution in [0.1, 0.15) is 5.56 Å². The Labute approximate surface area is 126 Å². The zero-order chi connectivity index (χ0) is 18.3. The first-order valence-corrected chi connectivity index (χ1v) is 5.58. The average molecular weight is 357 g/mol. The lowest BCUT2D eigenvalue weighted by molar-refractivity contribution is 0.308. The first kappa shape index (κ1) is 17.5. The molecular weight excluding hydrogens is 357 g/mol. The van der Waals surface area contributed by atoms with Gasteiger partial charge in [0.05, 0.1) is 0 Å². The Morgan fingerprint density at radius 2 is 0.792 bits per heavy atom. The van der Waals surface area contributed by atoms with Crippen LogP contribution in [-0.2, 0) is 0 Å². The van der Waals surface area contributed by atoms with Crippen LogP contribution in [0.5, 0.6) is 11.5 Å². The van der Waals surface area contributed by atoms with Crippen LogP contribution in [0.3, 0.4) is 0 Å². The van der Waals surface area contributed by atoms with Crippen molar-refractivity contribution in [2.45, 2.75) is 0 Å². The number of hydrogen-bond donors (Lipinski definition) is 0. The van der Waals surface area contributed by atoms with E-state index in [0.29, 0.717) is 0 Å². The lowest BCUT2D eigenvalue weighted by atomic mass is 10.2. The van der Waals surface area contributed by atoms with Crippen LogP contribution in [0.15, 0.2) is 0 Å². The van der Waals surface area contributed by atoms with Crippen LogP contribution >= 0.6 is 0 Å². The quantitative estimate of drug-likeness (QED) is 0.447. The highest BCUT2D eigenvalue weighted by atomic mass is 19.2. The Morgan fingerprint density at radius 1 is 0.500 bits per heavy atom. The number of nitrogens with zero attached hydrogens (tertiary/aromatic N) is 1. The number of halogens is 9. The number of nitriles is 1. The third-order valence-corrected chi connectivity index (χ3v) is 2.71. The molecular formula is C13F9NO. The Balaban J connectivity index is 2.74. The summed E-state index contributed by atoms with van der Waals surface area (Å²) in [6.45, 7) is 0. The van der Waals surface area contributed by atoms with Crippen molar-refractivity contribution < 1.29 is 44.3 Å². The summed E-state index contributed by atoms with van der Waals surface area (Å²) >= 11 is 0. The van der Waals surface area contributed by atoms with Crippen molar-refractivity contribution in [3.63, 3.8) is 0 Å². The molecule has 0 N–H and O–H groups in total. The van der Waals surface area contributed by atoms with Gasteiger partial charge in [0, 0.05) is 0 Å². The molecule has 126 valence electrons. The first-order valence-electron chi connectivity index (χ1n) is 5.58. The van der Waals surface area contributed by atoms with Crippen LogP contribution in [0, 0.1) is 63.7 Å². The Morgan fingerprint density at radius 3 is 1.12 bits per heavy atom. The molecule has 0 fully saturated rings. The highest BCUT2D eigenvalue weighted by Crippen LogP contribution is 2.37. The van der Waals surface area contributed by atoms with E-state index in [1.165, 1.54) is 0 Å². The summed E-state index contributed by atoms with van der Waals surface area (Å²) in [6.07, 6.45) is 0. The minimum atomic E-state index is -2.60. The van der Waals surface area contributed by atoms with Gasteiger partial charge in [0.25, 0.3) is 0 Å². The van der Waals surface area contributed by atoms with Gasteiger partial charge in [0.2, 0.25) is 52.2 Å². The lowest BCUT2D eigenvalue weighted by Crippen LogP contribution is -2.08. The summed E-state index contributed by atoms with van der Waals surface area (Å²) in [7, 11) is 0. The third kappa shape index (κ3) is 2.40. The molecule has 0 bridgehead atoms. The van der Waals surface area contributed by atoms with Crippen molar-refractivity contribution in [2.75, 3.05) is 0 Å². The van der Waals surface area contributed by atoms with Gasteiger partial charge in [0.15, 0.2) is 11.6 Å². The molecule has 0 aliphatic rings. The molecule has 2 nitrogen and oxygen atoms in total. The Kier molecular flexibility index (Phi) is 4.33. The maximum absolute atomic E-state index is 13.6. The zero-order valence-electron chi connectivity index (χ0n) is 10.8. The van der Waals surface area contributed by atoms with Crippen molar-refractivity contribution in [1.29, 1.82) is 5.26 Å². The number of hydrogen-bond acceptors (Lipinski definition) is 2. The maximum atomic E-state index is 13.6. The van der Waals surface area contributed by atoms with E-state index in [2.05, 4.69) is 4.74 Å². The van der Waals surface area contributed by atoms with Crippen LogP contribution in [-0.4, -0.2) is 0 Å². The van der Waals surface area contributed by atoms with E-state index in [9.17, 15) is 39.5 Å². The minimum absolute atomic E-state index is 0.781. The SMILES string of the molecule is N#Cc1c(F)c(F)c(Oc2c(F)c(F)c(F)c(F)c2F)c(F)c1F. The second-order valence-electron chi connectivity index (χ2n) is 4.07. The molecule has 0 saturated heterocycles. The van der Waals surface area contributed by atoms with Gasteiger partial charge in [-0.15, -0.1) is 0 Å². The molecule has 0 unspecified atom stereocenters. The molecule has 0 heterocycles. The van der Waals surface area contributed by atoms with Crippen LogP contribution in [0.4, 0.5) is 39.5 Å². The number of ether oxygens (including phenoxy) is 1. The largest absolute Gasteiger partial charge is 0.444 e. The first-order chi connectivity index (χ1) is 11.1. The highest BCUT2D eigenvalue weighted by molar-refractivity contribution is 5.43. The monoisotopic (exact) mass is 357 g/mol. The minimum Gasteiger partial charge on any atom is -0.444 e. The average Bonchev–Trinajstić information content (AvgIpc) is 2.56. The van der Waals surface area contributed by atoms with Crippen molar-refractivity contribution in [1.82, 2.24) is 0 Å². The molecule has 2 aromatic rings. The molecule has 0 spiro atoms. The summed E-state index contributed by atoms with van der Waals surface area (Å²) < 4.78 is 123. The van der Waals surface area contributed by atoms with Crippen LogP contribution in [0.25, 0.3) is 0 Å². The Hall–Kier alpha value is -2.90. The molecule has 0 aliphatic heterocycles. The molecule has 0 radical (unpaired) electrons. The second kappa shape index (κ2) is 5.95. The van der Waals surface area contributed by atoms with E-state index in [0.717, 1.165) is 6.07 Å². The van der Waals surface area contributed by atoms with E-state index in [1.54, 1.807) is 0 Å². The van der Waals surface area contributed by atoms with Crippen molar-refractivity contribution in [3.8, 4) is 17.6 Å². The molecule has 11 heteroatoms. The van der Waals surface area contributed by atoms with Crippen LogP contribution in [0.2, 0.25) is 0 Å². The standard InChI is InChI=1S/C13F9NO/c14-3-2(1-23)4(15)9(20)12(8(3)19)24-13-10(21)6(17)5(16)7(18)11(13)22. The molecule has 0 amide bonds. The summed E-state index contributed by atoms with van der Waals surface area (Å²) in [4.78, 5) is 0. The van der Waals surface area contributed by atoms with Crippen molar-refractivity contribution in [2.24, 2.45) is 0 Å². The second-order valence-corrected chi connectivity index (χ2v) is 4.07. The molecule has 0 aromatic heterocycles. The van der Waals surface area contributed by atoms with E-state index in [-0.39, 0.29) is 0 Å². The van der Waals surface area contributed by atoms with Gasteiger partial charge in [-0.05, 0) is 0 Å². The number of rotatable bonds is 2. The van der Waals surface area contributed by atoms with E-state index >= 15 is 0 Å². The predicted octanol–water partition coefficient (Wildman–Crippen LogP) is 4.60. The molecule has 24 heavy (non-hydrogen) atoms. The van der Waals surface area contributed by atoms with Gasteiger partial charge in [-0.3, -0.25) is 0 Å². The molecule has 2 aromatic carbocycles. The van der Waals surface area contributed by atoms with Crippen molar-refractivity contribution in [3.05, 3.63) is 57.9 Å². The highest BCUT2D eigenvalue weighted by Gasteiger charge is 2.32. The summed E-state index contributed by atoms with van der Waals surface area (Å²) in [5.41, 5.74) is -1.71. The lowest BCUT2D eigenvalue weighted by Gasteiger charge is -2.12. The predicted molar refractivity (Wildman–Crippen MR) is 57.3 cm³/mol. The van der Waals surface area contributed by atoms with E-state index in [4.69, 9.17) is 5.26 Å². The maximum Gasteiger partial charge on any atom is 0.207 e. The Bertz CT molecular complexity index is 846. The van der Waals surface area contributed by atoms with E-state index < -0.39 is 69.4 Å². The smallest absolute Gasteiger partial charge is 0.207 e. The van der Waals surface area contributed by atoms with Gasteiger partial charge in [0.1, 0.15) is 11.6 Å². The summed E-state index contributed by atoms with van der Waals surface area (Å²) in [5, 5.41) is 8.36.